The van der Waals surface area contributed by atoms with Crippen LogP contribution < -0.4 is 16.0 Å². The van der Waals surface area contributed by atoms with Crippen LogP contribution in [0.25, 0.3) is 0 Å². The smallest absolute Gasteiger partial charge is 0.410 e. The normalized spacial score (nSPS) is 25.4. The molecule has 0 aromatic heterocycles. The molecule has 0 fully saturated rings. The van der Waals surface area contributed by atoms with Crippen molar-refractivity contribution < 1.29 is 62.1 Å². The highest BCUT2D eigenvalue weighted by Crippen LogP contribution is 2.27. The van der Waals surface area contributed by atoms with Crippen LogP contribution >= 0.6 is 0 Å². The molecule has 0 aliphatic carbocycles. The van der Waals surface area contributed by atoms with Gasteiger partial charge in [0, 0.05) is 65.6 Å². The summed E-state index contributed by atoms with van der Waals surface area (Å²) >= 11 is 0. The topological polar surface area (TPSA) is 240 Å². The van der Waals surface area contributed by atoms with Gasteiger partial charge in [-0.05, 0) is 84.8 Å². The van der Waals surface area contributed by atoms with E-state index in [1.165, 1.54) is 69.7 Å². The minimum atomic E-state index is -1.35. The highest BCUT2D eigenvalue weighted by atomic mass is 16.6. The van der Waals surface area contributed by atoms with E-state index in [-0.39, 0.29) is 43.8 Å². The Bertz CT molecular complexity index is 2170. The number of hydrogen-bond acceptors (Lipinski definition) is 13. The van der Waals surface area contributed by atoms with E-state index in [2.05, 4.69) is 16.0 Å². The first kappa shape index (κ1) is 63.6. The monoisotopic (exact) mass is 1040 g/mol. The zero-order valence-corrected chi connectivity index (χ0v) is 46.9. The fourth-order valence-electron chi connectivity index (χ4n) is 7.73. The molecule has 1 aliphatic rings. The fourth-order valence-corrected chi connectivity index (χ4v) is 7.73. The van der Waals surface area contributed by atoms with Gasteiger partial charge in [0.2, 0.25) is 23.6 Å². The van der Waals surface area contributed by atoms with Gasteiger partial charge < -0.3 is 54.5 Å². The van der Waals surface area contributed by atoms with Crippen LogP contribution in [0.4, 0.5) is 9.59 Å². The number of nitrogens with one attached hydrogen (secondary N) is 3. The van der Waals surface area contributed by atoms with Crippen molar-refractivity contribution in [3.63, 3.8) is 0 Å². The zero-order valence-electron chi connectivity index (χ0n) is 46.9. The predicted octanol–water partition coefficient (Wildman–Crippen LogP) is 5.18. The molecule has 20 heteroatoms. The Morgan fingerprint density at radius 1 is 0.851 bits per heavy atom. The average Bonchev–Trinajstić information content (AvgIpc) is 3.33. The van der Waals surface area contributed by atoms with Crippen LogP contribution in [0, 0.1) is 17.8 Å². The first-order valence-electron chi connectivity index (χ1n) is 25.4. The Morgan fingerprint density at radius 3 is 1.99 bits per heavy atom. The van der Waals surface area contributed by atoms with Gasteiger partial charge in [-0.3, -0.25) is 24.0 Å². The third kappa shape index (κ3) is 20.1. The molecule has 0 spiro atoms. The molecule has 3 N–H and O–H groups in total. The summed E-state index contributed by atoms with van der Waals surface area (Å²) in [6.07, 6.45) is -1.16. The van der Waals surface area contributed by atoms with Crippen LogP contribution in [-0.4, -0.2) is 169 Å². The summed E-state index contributed by atoms with van der Waals surface area (Å²) in [5.41, 5.74) is 0.602. The van der Waals surface area contributed by atoms with Gasteiger partial charge in [0.25, 0.3) is 5.91 Å². The van der Waals surface area contributed by atoms with Gasteiger partial charge in [-0.25, -0.2) is 19.2 Å². The number of hydrogen-bond donors (Lipinski definition) is 3. The molecule has 414 valence electrons. The van der Waals surface area contributed by atoms with E-state index in [0.29, 0.717) is 17.6 Å². The van der Waals surface area contributed by atoms with Gasteiger partial charge in [0.1, 0.15) is 42.0 Å². The molecular formula is C54H85N7O13. The summed E-state index contributed by atoms with van der Waals surface area (Å²) in [6, 6.07) is 4.21. The van der Waals surface area contributed by atoms with E-state index < -0.39 is 120 Å². The molecule has 0 saturated heterocycles. The highest BCUT2D eigenvalue weighted by molar-refractivity contribution is 5.96. The van der Waals surface area contributed by atoms with Gasteiger partial charge in [0.05, 0.1) is 6.54 Å². The number of carbonyl (C=O) groups excluding carboxylic acids is 9. The molecule has 0 bridgehead atoms. The Hall–Kier alpha value is -6.47. The lowest BCUT2D eigenvalue weighted by molar-refractivity contribution is -0.155. The van der Waals surface area contributed by atoms with E-state index in [0.717, 1.165) is 4.90 Å². The maximum Gasteiger partial charge on any atom is 0.410 e. The van der Waals surface area contributed by atoms with Gasteiger partial charge in [-0.15, -0.1) is 0 Å². The lowest BCUT2D eigenvalue weighted by Crippen LogP contribution is -2.57. The lowest BCUT2D eigenvalue weighted by Gasteiger charge is -2.33. The summed E-state index contributed by atoms with van der Waals surface area (Å²) in [6.45, 7) is 21.6. The largest absolute Gasteiger partial charge is 0.456 e. The minimum absolute atomic E-state index is 0.0430. The molecule has 9 atom stereocenters. The molecule has 1 unspecified atom stereocenters. The fraction of sp³-hybridized carbons (Fsp3) is 0.648. The van der Waals surface area contributed by atoms with E-state index in [1.807, 2.05) is 20.8 Å². The summed E-state index contributed by atoms with van der Waals surface area (Å²) < 4.78 is 23.5. The van der Waals surface area contributed by atoms with E-state index >= 15 is 0 Å². The van der Waals surface area contributed by atoms with Crippen molar-refractivity contribution in [1.82, 2.24) is 35.6 Å². The number of likely N-dealkylation sites (N-methyl/N-ethyl adjacent to an activating group) is 4. The first-order valence-corrected chi connectivity index (χ1v) is 25.4. The lowest BCUT2D eigenvalue weighted by atomic mass is 9.90. The van der Waals surface area contributed by atoms with Gasteiger partial charge >= 0.3 is 24.1 Å². The third-order valence-corrected chi connectivity index (χ3v) is 12.8. The molecule has 0 saturated carbocycles. The van der Waals surface area contributed by atoms with Crippen LogP contribution in [0.2, 0.25) is 0 Å². The number of esters is 2. The summed E-state index contributed by atoms with van der Waals surface area (Å²) in [5.74, 6) is -6.43. The van der Waals surface area contributed by atoms with Crippen molar-refractivity contribution in [2.75, 3.05) is 47.8 Å². The van der Waals surface area contributed by atoms with Crippen LogP contribution in [0.15, 0.2) is 53.6 Å². The molecule has 74 heavy (non-hydrogen) atoms. The second kappa shape index (κ2) is 29.4. The van der Waals surface area contributed by atoms with Crippen molar-refractivity contribution in [2.45, 2.75) is 164 Å². The van der Waals surface area contributed by atoms with Crippen molar-refractivity contribution in [1.29, 1.82) is 0 Å². The molecule has 2 rings (SSSR count). The molecule has 1 heterocycles. The molecule has 1 aliphatic heterocycles. The van der Waals surface area contributed by atoms with E-state index in [1.54, 1.807) is 84.9 Å². The van der Waals surface area contributed by atoms with E-state index in [4.69, 9.17) is 18.9 Å². The highest BCUT2D eigenvalue weighted by Gasteiger charge is 2.38. The Morgan fingerprint density at radius 2 is 1.43 bits per heavy atom. The number of ether oxygens (including phenoxy) is 4. The van der Waals surface area contributed by atoms with Crippen molar-refractivity contribution in [2.24, 2.45) is 17.8 Å². The van der Waals surface area contributed by atoms with Crippen LogP contribution in [0.3, 0.4) is 0 Å². The zero-order chi connectivity index (χ0) is 56.4. The minimum Gasteiger partial charge on any atom is -0.456 e. The third-order valence-electron chi connectivity index (χ3n) is 12.8. The summed E-state index contributed by atoms with van der Waals surface area (Å²) in [4.78, 5) is 129. The second-order valence-corrected chi connectivity index (χ2v) is 20.9. The predicted molar refractivity (Wildman–Crippen MR) is 279 cm³/mol. The number of rotatable bonds is 11. The maximum atomic E-state index is 14.3. The van der Waals surface area contributed by atoms with Gasteiger partial charge in [-0.1, -0.05) is 83.5 Å². The number of nitrogens with zero attached hydrogens (tertiary/aromatic N) is 4. The quantitative estimate of drug-likeness (QED) is 0.147. The van der Waals surface area contributed by atoms with E-state index in [9.17, 15) is 43.2 Å². The van der Waals surface area contributed by atoms with Crippen molar-refractivity contribution >= 4 is 53.7 Å². The maximum absolute atomic E-state index is 14.3. The second-order valence-electron chi connectivity index (χ2n) is 20.9. The van der Waals surface area contributed by atoms with Crippen LogP contribution in [-0.2, 0) is 58.9 Å². The van der Waals surface area contributed by atoms with Crippen molar-refractivity contribution in [3.05, 3.63) is 59.2 Å². The van der Waals surface area contributed by atoms with Crippen molar-refractivity contribution in [3.8, 4) is 0 Å². The SMILES string of the molecule is C/C=C(\C)[C@H]1OC(=O)[C@@H](C)NC(=O)[C@H](C(C)CC)NC(=O)CN(C)C(=O)[C@@H](Cc2ccccc2)N(C)C(=O)[C@H](C)NC(=O)[C@@H](CC(C)C)OC(=O)/C(C)=C/C[C@H](OC(=O)N(C)CCN(C)C(=O)OC(C)(C)C)[C@@H]1C. The van der Waals surface area contributed by atoms with Gasteiger partial charge in [-0.2, -0.15) is 0 Å². The number of benzene rings is 1. The summed E-state index contributed by atoms with van der Waals surface area (Å²) in [7, 11) is 5.84. The number of allylic oxidation sites excluding steroid dienone is 1. The molecule has 7 amide bonds. The Labute approximate surface area is 438 Å². The summed E-state index contributed by atoms with van der Waals surface area (Å²) in [5, 5.41) is 8.08. The van der Waals surface area contributed by atoms with Crippen LogP contribution in [0.1, 0.15) is 115 Å². The molecule has 20 nitrogen and oxygen atoms in total. The standard InChI is InChI=1S/C54H85N7O13/c1-18-33(5)44-47(64)56-38(10)51(68)73-45(34(6)19-2)36(8)41(72-52(69)58(14)27-28-59(15)53(70)74-54(11,12)13)26-25-35(7)50(67)71-42(29-32(3)4)46(63)55-37(9)48(65)61(17)40(30-39-23-21-20-22-24-39)49(66)60(16)31-43(62)57-44/h19-25,32-33,36-38,40-42,44-45H,18,26-31H2,1-17H3,(H,55,63)(H,56,64)(H,57,62)/b34-19+,35-25+/t33?,36-,37-,38+,40+,41-,42+,44-,45+/m0/s1. The molecule has 0 radical (unpaired) electrons. The first-order chi connectivity index (χ1) is 34.4. The van der Waals surface area contributed by atoms with Gasteiger partial charge in [0.15, 0.2) is 6.10 Å². The number of amides is 7. The molecule has 1 aromatic carbocycles. The average molecular weight is 1040 g/mol. The van der Waals surface area contributed by atoms with Crippen LogP contribution in [0.5, 0.6) is 0 Å². The Balaban J connectivity index is 2.73. The molecule has 1 aromatic rings. The Kier molecular flexibility index (Phi) is 25.3. The molecular weight excluding hydrogens is 955 g/mol. The number of carbonyl (C=O) groups is 9. The number of cyclic esters (lactones) is 2.